The van der Waals surface area contributed by atoms with Crippen LogP contribution in [0.1, 0.15) is 28.1 Å². The molecule has 0 radical (unpaired) electrons. The number of anilines is 2. The molecule has 0 saturated carbocycles. The molecule has 0 fully saturated rings. The Morgan fingerprint density at radius 2 is 1.94 bits per heavy atom. The van der Waals surface area contributed by atoms with Gasteiger partial charge >= 0.3 is 0 Å². The van der Waals surface area contributed by atoms with Crippen molar-refractivity contribution in [3.05, 3.63) is 71.3 Å². The molecule has 4 heterocycles. The summed E-state index contributed by atoms with van der Waals surface area (Å²) in [6.45, 7) is 4.01. The van der Waals surface area contributed by atoms with Crippen LogP contribution in [-0.4, -0.2) is 32.9 Å². The van der Waals surface area contributed by atoms with Gasteiger partial charge < -0.3 is 15.4 Å². The molecule has 162 valence electrons. The number of hydrogen-bond acceptors (Lipinski definition) is 8. The smallest absolute Gasteiger partial charge is 0.269 e. The zero-order valence-corrected chi connectivity index (χ0v) is 18.7. The Kier molecular flexibility index (Phi) is 6.37. The van der Waals surface area contributed by atoms with E-state index in [9.17, 15) is 4.79 Å². The van der Waals surface area contributed by atoms with Gasteiger partial charge in [-0.1, -0.05) is 24.3 Å². The van der Waals surface area contributed by atoms with Crippen LogP contribution in [0.15, 0.2) is 54.9 Å². The molecule has 4 rings (SSSR count). The number of nitrogens with one attached hydrogen (secondary N) is 2. The average Bonchev–Trinajstić information content (AvgIpc) is 3.22. The fourth-order valence-electron chi connectivity index (χ4n) is 2.96. The number of aryl methyl sites for hydroxylation is 2. The minimum absolute atomic E-state index is 0.257. The van der Waals surface area contributed by atoms with E-state index in [1.54, 1.807) is 43.7 Å². The molecule has 0 aliphatic rings. The standard InChI is InChI=1S/C23H22N6O2S/c1-4-20-29-21(17-7-5-6-14(2)27-17)23(32-20)31-16-9-11-26-19(13-16)28-15-8-10-25-18(12-15)22(30)24-3/h5-13H,4H2,1-3H3,(H,24,30)(H,25,26,28). The van der Waals surface area contributed by atoms with Gasteiger partial charge in [0.15, 0.2) is 0 Å². The van der Waals surface area contributed by atoms with Gasteiger partial charge in [0.2, 0.25) is 5.06 Å². The Bertz CT molecular complexity index is 1260. The lowest BCUT2D eigenvalue weighted by molar-refractivity contribution is 0.0958. The van der Waals surface area contributed by atoms with Crippen LogP contribution in [0.5, 0.6) is 10.8 Å². The van der Waals surface area contributed by atoms with E-state index in [0.29, 0.717) is 28.0 Å². The highest BCUT2D eigenvalue weighted by atomic mass is 32.1. The van der Waals surface area contributed by atoms with Gasteiger partial charge in [-0.15, -0.1) is 0 Å². The number of pyridine rings is 3. The number of rotatable bonds is 7. The fraction of sp³-hybridized carbons (Fsp3) is 0.174. The summed E-state index contributed by atoms with van der Waals surface area (Å²) in [5.74, 6) is 0.934. The third-order valence-corrected chi connectivity index (χ3v) is 5.59. The van der Waals surface area contributed by atoms with Crippen LogP contribution in [0.25, 0.3) is 11.4 Å². The SMILES string of the molecule is CCc1nc(-c2cccc(C)n2)c(Oc2ccnc(Nc3ccnc(C(=O)NC)c3)c2)s1. The number of carbonyl (C=O) groups excluding carboxylic acids is 1. The summed E-state index contributed by atoms with van der Waals surface area (Å²) in [7, 11) is 1.57. The first-order valence-electron chi connectivity index (χ1n) is 10.1. The molecule has 9 heteroatoms. The molecule has 0 bridgehead atoms. The topological polar surface area (TPSA) is 102 Å². The van der Waals surface area contributed by atoms with Crippen molar-refractivity contribution in [3.63, 3.8) is 0 Å². The molecule has 4 aromatic rings. The molecule has 0 aliphatic carbocycles. The molecule has 0 atom stereocenters. The van der Waals surface area contributed by atoms with Crippen molar-refractivity contribution in [2.75, 3.05) is 12.4 Å². The molecular formula is C23H22N6O2S. The molecule has 0 unspecified atom stereocenters. The van der Waals surface area contributed by atoms with Crippen molar-refractivity contribution in [3.8, 4) is 22.2 Å². The number of amides is 1. The Labute approximate surface area is 189 Å². The van der Waals surface area contributed by atoms with Crippen LogP contribution < -0.4 is 15.4 Å². The van der Waals surface area contributed by atoms with E-state index < -0.39 is 0 Å². The van der Waals surface area contributed by atoms with Crippen LogP contribution >= 0.6 is 11.3 Å². The van der Waals surface area contributed by atoms with Crippen molar-refractivity contribution in [1.82, 2.24) is 25.3 Å². The molecule has 32 heavy (non-hydrogen) atoms. The molecule has 8 nitrogen and oxygen atoms in total. The lowest BCUT2D eigenvalue weighted by Gasteiger charge is -2.09. The van der Waals surface area contributed by atoms with E-state index in [1.807, 2.05) is 25.1 Å². The zero-order chi connectivity index (χ0) is 22.5. The maximum Gasteiger partial charge on any atom is 0.269 e. The third-order valence-electron chi connectivity index (χ3n) is 4.51. The van der Waals surface area contributed by atoms with E-state index in [-0.39, 0.29) is 5.91 Å². The monoisotopic (exact) mass is 446 g/mol. The van der Waals surface area contributed by atoms with Crippen LogP contribution in [0.3, 0.4) is 0 Å². The second-order valence-electron chi connectivity index (χ2n) is 6.87. The van der Waals surface area contributed by atoms with E-state index >= 15 is 0 Å². The molecule has 2 N–H and O–H groups in total. The summed E-state index contributed by atoms with van der Waals surface area (Å²) in [5.41, 5.74) is 3.44. The minimum atomic E-state index is -0.257. The molecule has 0 spiro atoms. The maximum absolute atomic E-state index is 11.8. The van der Waals surface area contributed by atoms with Gasteiger partial charge in [-0.25, -0.2) is 9.97 Å². The van der Waals surface area contributed by atoms with Gasteiger partial charge in [-0.2, -0.15) is 0 Å². The molecule has 1 amide bonds. The summed E-state index contributed by atoms with van der Waals surface area (Å²) >= 11 is 1.51. The third kappa shape index (κ3) is 4.89. The van der Waals surface area contributed by atoms with Crippen LogP contribution in [0, 0.1) is 6.92 Å². The highest BCUT2D eigenvalue weighted by molar-refractivity contribution is 7.14. The van der Waals surface area contributed by atoms with Crippen LogP contribution in [0.4, 0.5) is 11.5 Å². The predicted molar refractivity (Wildman–Crippen MR) is 125 cm³/mol. The van der Waals surface area contributed by atoms with Crippen LogP contribution in [-0.2, 0) is 6.42 Å². The molecule has 4 aromatic heterocycles. The summed E-state index contributed by atoms with van der Waals surface area (Å²) in [6, 6.07) is 12.8. The molecule has 0 aliphatic heterocycles. The van der Waals surface area contributed by atoms with Crippen molar-refractivity contribution < 1.29 is 9.53 Å². The number of aromatic nitrogens is 4. The number of carbonyl (C=O) groups is 1. The number of nitrogens with zero attached hydrogens (tertiary/aromatic N) is 4. The second-order valence-corrected chi connectivity index (χ2v) is 7.92. The van der Waals surface area contributed by atoms with E-state index in [0.717, 1.165) is 28.5 Å². The Hall–Kier alpha value is -3.85. The lowest BCUT2D eigenvalue weighted by Crippen LogP contribution is -2.19. The Morgan fingerprint density at radius 3 is 2.72 bits per heavy atom. The zero-order valence-electron chi connectivity index (χ0n) is 17.9. The quantitative estimate of drug-likeness (QED) is 0.422. The summed E-state index contributed by atoms with van der Waals surface area (Å²) in [6.07, 6.45) is 4.04. The largest absolute Gasteiger partial charge is 0.444 e. The van der Waals surface area contributed by atoms with Gasteiger partial charge in [-0.3, -0.25) is 14.8 Å². The molecular weight excluding hydrogens is 424 g/mol. The van der Waals surface area contributed by atoms with Crippen LogP contribution in [0.2, 0.25) is 0 Å². The average molecular weight is 447 g/mol. The van der Waals surface area contributed by atoms with E-state index in [1.165, 1.54) is 11.3 Å². The molecule has 0 aromatic carbocycles. The first kappa shape index (κ1) is 21.4. The fourth-order valence-corrected chi connectivity index (χ4v) is 3.84. The van der Waals surface area contributed by atoms with Crippen molar-refractivity contribution in [1.29, 1.82) is 0 Å². The van der Waals surface area contributed by atoms with Gasteiger partial charge in [-0.05, 0) is 43.7 Å². The van der Waals surface area contributed by atoms with Gasteiger partial charge in [0, 0.05) is 36.9 Å². The summed E-state index contributed by atoms with van der Waals surface area (Å²) < 4.78 is 6.20. The van der Waals surface area contributed by atoms with E-state index in [2.05, 4.69) is 32.5 Å². The maximum atomic E-state index is 11.8. The minimum Gasteiger partial charge on any atom is -0.444 e. The first-order valence-corrected chi connectivity index (χ1v) is 10.9. The Morgan fingerprint density at radius 1 is 1.09 bits per heavy atom. The Balaban J connectivity index is 1.59. The number of thiazole rings is 1. The summed E-state index contributed by atoms with van der Waals surface area (Å²) in [5, 5.41) is 7.41. The second kappa shape index (κ2) is 9.52. The number of hydrogen-bond donors (Lipinski definition) is 2. The number of ether oxygens (including phenoxy) is 1. The lowest BCUT2D eigenvalue weighted by atomic mass is 10.2. The first-order chi connectivity index (χ1) is 15.6. The van der Waals surface area contributed by atoms with Gasteiger partial charge in [0.05, 0.1) is 10.7 Å². The highest BCUT2D eigenvalue weighted by Crippen LogP contribution is 2.38. The van der Waals surface area contributed by atoms with Crippen molar-refractivity contribution in [2.24, 2.45) is 0 Å². The highest BCUT2D eigenvalue weighted by Gasteiger charge is 2.16. The van der Waals surface area contributed by atoms with E-state index in [4.69, 9.17) is 9.72 Å². The normalized spacial score (nSPS) is 10.6. The molecule has 0 saturated heterocycles. The predicted octanol–water partition coefficient (Wildman–Crippen LogP) is 4.76. The summed E-state index contributed by atoms with van der Waals surface area (Å²) in [4.78, 5) is 29.6. The van der Waals surface area contributed by atoms with Crippen molar-refractivity contribution in [2.45, 2.75) is 20.3 Å². The van der Waals surface area contributed by atoms with Gasteiger partial charge in [0.1, 0.15) is 23.0 Å². The van der Waals surface area contributed by atoms with Gasteiger partial charge in [0.25, 0.3) is 5.91 Å². The van der Waals surface area contributed by atoms with Crippen molar-refractivity contribution >= 4 is 28.7 Å².